The zero-order chi connectivity index (χ0) is 14.3. The molecule has 0 spiro atoms. The molecular formula is C8H6ClKN2O7. The topological polar surface area (TPSA) is 136 Å². The van der Waals surface area contributed by atoms with Gasteiger partial charge in [-0.05, 0) is 6.07 Å². The molecule has 1 aromatic carbocycles. The number of aldehydes is 1. The molecule has 1 rings (SSSR count). The van der Waals surface area contributed by atoms with Crippen LogP contribution in [0.25, 0.3) is 0 Å². The van der Waals surface area contributed by atoms with Crippen molar-refractivity contribution in [2.24, 2.45) is 0 Å². The van der Waals surface area contributed by atoms with Crippen LogP contribution in [-0.2, 0) is 0 Å². The predicted octanol–water partition coefficient (Wildman–Crippen LogP) is -1.17. The summed E-state index contributed by atoms with van der Waals surface area (Å²) in [6.45, 7) is 0. The Morgan fingerprint density at radius 1 is 1.26 bits per heavy atom. The van der Waals surface area contributed by atoms with Crippen LogP contribution in [0.2, 0.25) is 5.02 Å². The second-order valence-electron chi connectivity index (χ2n) is 2.62. The Balaban J connectivity index is 0. The van der Waals surface area contributed by atoms with Crippen molar-refractivity contribution in [3.05, 3.63) is 48.2 Å². The van der Waals surface area contributed by atoms with Gasteiger partial charge in [0, 0.05) is 11.6 Å². The van der Waals surface area contributed by atoms with Crippen molar-refractivity contribution in [1.82, 2.24) is 0 Å². The van der Waals surface area contributed by atoms with Crippen LogP contribution in [0.4, 0.5) is 5.69 Å². The third-order valence-corrected chi connectivity index (χ3v) is 2.02. The van der Waals surface area contributed by atoms with Crippen LogP contribution in [0.15, 0.2) is 12.1 Å². The van der Waals surface area contributed by atoms with E-state index < -0.39 is 10.0 Å². The standard InChI is InChI=1S/C8H6ClNO4.K.NO3/c1-14-8-6(10(12)13)3-2-5(4-11)7(8)9;;2-1(3)4/h2-4H,1H3;;/q;+1;-1. The predicted molar refractivity (Wildman–Crippen MR) is 60.4 cm³/mol. The van der Waals surface area contributed by atoms with Crippen molar-refractivity contribution in [1.29, 1.82) is 0 Å². The molecule has 0 aliphatic heterocycles. The molecule has 9 nitrogen and oxygen atoms in total. The van der Waals surface area contributed by atoms with Gasteiger partial charge < -0.3 is 20.1 Å². The molecule has 0 atom stereocenters. The van der Waals surface area contributed by atoms with Crippen molar-refractivity contribution < 1.29 is 70.9 Å². The normalized spacial score (nSPS) is 8.32. The van der Waals surface area contributed by atoms with Crippen LogP contribution in [0.3, 0.4) is 0 Å². The number of hydrogen-bond acceptors (Lipinski definition) is 7. The van der Waals surface area contributed by atoms with Crippen molar-refractivity contribution >= 4 is 23.6 Å². The Morgan fingerprint density at radius 3 is 2.05 bits per heavy atom. The van der Waals surface area contributed by atoms with Gasteiger partial charge >= 0.3 is 57.1 Å². The van der Waals surface area contributed by atoms with E-state index in [0.29, 0.717) is 6.29 Å². The number of hydrogen-bond donors (Lipinski definition) is 0. The summed E-state index contributed by atoms with van der Waals surface area (Å²) in [5.41, 5.74) is -0.0998. The fourth-order valence-electron chi connectivity index (χ4n) is 0.990. The first-order valence-corrected chi connectivity index (χ1v) is 4.50. The number of ether oxygens (including phenoxy) is 1. The van der Waals surface area contributed by atoms with Crippen LogP contribution in [-0.4, -0.2) is 23.4 Å². The van der Waals surface area contributed by atoms with E-state index in [-0.39, 0.29) is 73.4 Å². The molecule has 19 heavy (non-hydrogen) atoms. The molecule has 11 heteroatoms. The Bertz CT molecular complexity index is 478. The van der Waals surface area contributed by atoms with Gasteiger partial charge in [0.15, 0.2) is 6.29 Å². The van der Waals surface area contributed by atoms with Gasteiger partial charge in [0.25, 0.3) is 0 Å². The molecule has 0 aliphatic rings. The first-order chi connectivity index (χ1) is 8.34. The quantitative estimate of drug-likeness (QED) is 0.297. The number of rotatable bonds is 3. The Morgan fingerprint density at radius 2 is 1.74 bits per heavy atom. The number of methoxy groups -OCH3 is 1. The summed E-state index contributed by atoms with van der Waals surface area (Å²) in [7, 11) is 1.25. The van der Waals surface area contributed by atoms with Crippen LogP contribution in [0, 0.1) is 25.4 Å². The summed E-state index contributed by atoms with van der Waals surface area (Å²) >= 11 is 5.70. The van der Waals surface area contributed by atoms with E-state index in [1.54, 1.807) is 0 Å². The van der Waals surface area contributed by atoms with Crippen LogP contribution in [0.5, 0.6) is 5.75 Å². The minimum Gasteiger partial charge on any atom is -0.489 e. The monoisotopic (exact) mass is 316 g/mol. The maximum atomic E-state index is 10.5. The van der Waals surface area contributed by atoms with E-state index in [0.717, 1.165) is 0 Å². The van der Waals surface area contributed by atoms with E-state index in [9.17, 15) is 14.9 Å². The Hall–Kier alpha value is -0.784. The van der Waals surface area contributed by atoms with Gasteiger partial charge in [-0.25, -0.2) is 0 Å². The fourth-order valence-corrected chi connectivity index (χ4v) is 1.27. The molecule has 0 radical (unpaired) electrons. The summed E-state index contributed by atoms with van der Waals surface area (Å²) in [6, 6.07) is 2.45. The number of nitro groups is 1. The maximum Gasteiger partial charge on any atom is 1.00 e. The van der Waals surface area contributed by atoms with Gasteiger partial charge in [-0.1, -0.05) is 11.6 Å². The molecule has 0 aliphatic carbocycles. The fraction of sp³-hybridized carbons (Fsp3) is 0.125. The molecular weight excluding hydrogens is 311 g/mol. The molecule has 0 saturated heterocycles. The second kappa shape index (κ2) is 10.1. The molecule has 0 bridgehead atoms. The summed E-state index contributed by atoms with van der Waals surface area (Å²) < 4.78 is 4.75. The summed E-state index contributed by atoms with van der Waals surface area (Å²) in [6.07, 6.45) is 0.509. The van der Waals surface area contributed by atoms with E-state index in [2.05, 4.69) is 0 Å². The number of nitro benzene ring substituents is 1. The van der Waals surface area contributed by atoms with Crippen LogP contribution < -0.4 is 56.1 Å². The van der Waals surface area contributed by atoms with Crippen LogP contribution >= 0.6 is 11.6 Å². The largest absolute Gasteiger partial charge is 1.00 e. The van der Waals surface area contributed by atoms with Crippen molar-refractivity contribution in [3.63, 3.8) is 0 Å². The summed E-state index contributed by atoms with van der Waals surface area (Å²) in [4.78, 5) is 28.6. The number of carbonyl (C=O) groups excluding carboxylic acids is 1. The zero-order valence-electron chi connectivity index (χ0n) is 9.86. The number of halogens is 1. The van der Waals surface area contributed by atoms with Gasteiger partial charge in [-0.2, -0.15) is 0 Å². The van der Waals surface area contributed by atoms with Gasteiger partial charge in [0.2, 0.25) is 5.75 Å². The summed E-state index contributed by atoms with van der Waals surface area (Å²) in [5, 5.41) is 25.2. The summed E-state index contributed by atoms with van der Waals surface area (Å²) in [5.74, 6) is -0.0960. The smallest absolute Gasteiger partial charge is 0.489 e. The molecule has 0 heterocycles. The van der Waals surface area contributed by atoms with E-state index in [4.69, 9.17) is 31.7 Å². The van der Waals surface area contributed by atoms with Crippen molar-refractivity contribution in [2.45, 2.75) is 0 Å². The SMILES string of the molecule is COc1c([N+](=O)[O-])ccc(C=O)c1Cl.O=[N+]([O-])[O-].[K+]. The van der Waals surface area contributed by atoms with Gasteiger partial charge in [-0.3, -0.25) is 14.9 Å². The molecule has 0 saturated carbocycles. The molecule has 1 aromatic rings. The Labute approximate surface area is 154 Å². The Kier molecular flexibility index (Phi) is 10.9. The maximum absolute atomic E-state index is 10.5. The van der Waals surface area contributed by atoms with Crippen LogP contribution in [0.1, 0.15) is 10.4 Å². The average molecular weight is 317 g/mol. The van der Waals surface area contributed by atoms with E-state index in [1.807, 2.05) is 0 Å². The minimum absolute atomic E-state index is 0. The molecule has 98 valence electrons. The third kappa shape index (κ3) is 6.80. The first kappa shape index (κ1) is 20.5. The first-order valence-electron chi connectivity index (χ1n) is 4.12. The second-order valence-corrected chi connectivity index (χ2v) is 3.00. The average Bonchev–Trinajstić information content (AvgIpc) is 2.27. The van der Waals surface area contributed by atoms with Gasteiger partial charge in [-0.15, -0.1) is 0 Å². The minimum atomic E-state index is -1.75. The van der Waals surface area contributed by atoms with Crippen molar-refractivity contribution in [2.75, 3.05) is 7.11 Å². The van der Waals surface area contributed by atoms with Gasteiger partial charge in [0.1, 0.15) is 5.02 Å². The molecule has 0 aromatic heterocycles. The number of benzene rings is 1. The van der Waals surface area contributed by atoms with Gasteiger partial charge in [0.05, 0.1) is 17.1 Å². The van der Waals surface area contributed by atoms with E-state index >= 15 is 0 Å². The van der Waals surface area contributed by atoms with E-state index in [1.165, 1.54) is 19.2 Å². The number of carbonyl (C=O) groups is 1. The number of nitrogens with zero attached hydrogens (tertiary/aromatic N) is 2. The molecule has 0 unspecified atom stereocenters. The third-order valence-electron chi connectivity index (χ3n) is 1.63. The molecule has 0 N–H and O–H groups in total. The molecule has 0 fully saturated rings. The zero-order valence-corrected chi connectivity index (χ0v) is 13.7. The van der Waals surface area contributed by atoms with Crippen molar-refractivity contribution in [3.8, 4) is 5.75 Å². The molecule has 0 amide bonds.